The van der Waals surface area contributed by atoms with Crippen molar-refractivity contribution in [1.29, 1.82) is 0 Å². The van der Waals surface area contributed by atoms with E-state index in [2.05, 4.69) is 17.4 Å². The number of rotatable bonds is 2. The monoisotopic (exact) mass is 360 g/mol. The molecule has 2 aromatic rings. The molecule has 124 valence electrons. The zero-order valence-corrected chi connectivity index (χ0v) is 14.6. The summed E-state index contributed by atoms with van der Waals surface area (Å²) in [5.74, 6) is 0.886. The zero-order valence-electron chi connectivity index (χ0n) is 13.1. The average Bonchev–Trinajstić information content (AvgIpc) is 3.18. The van der Waals surface area contributed by atoms with Crippen LogP contribution in [0.5, 0.6) is 0 Å². The maximum atomic E-state index is 13.2. The van der Waals surface area contributed by atoms with Crippen molar-refractivity contribution in [2.75, 3.05) is 19.6 Å². The number of nitrogens with zero attached hydrogens (tertiary/aromatic N) is 1. The third-order valence-corrected chi connectivity index (χ3v) is 5.97. The fourth-order valence-electron chi connectivity index (χ4n) is 4.03. The first-order chi connectivity index (χ1) is 11.7. The lowest BCUT2D eigenvalue weighted by Crippen LogP contribution is -2.34. The maximum Gasteiger partial charge on any atom is 0.255 e. The molecular weight excluding hydrogens is 343 g/mol. The number of carbonyl (C=O) groups excluding carboxylic acids is 1. The zero-order chi connectivity index (χ0) is 16.7. The number of halogens is 2. The normalized spacial score (nSPS) is 25.8. The van der Waals surface area contributed by atoms with E-state index in [1.54, 1.807) is 18.2 Å². The molecule has 0 bridgehead atoms. The topological polar surface area (TPSA) is 32.3 Å². The summed E-state index contributed by atoms with van der Waals surface area (Å²) in [6.45, 7) is 2.65. The minimum absolute atomic E-state index is 0.0363. The number of fused-ring (bicyclic) bond motifs is 1. The Morgan fingerprint density at radius 2 is 1.83 bits per heavy atom. The van der Waals surface area contributed by atoms with E-state index in [1.165, 1.54) is 5.56 Å². The Hall–Kier alpha value is -1.55. The Labute approximate surface area is 151 Å². The minimum Gasteiger partial charge on any atom is -0.331 e. The third-order valence-electron chi connectivity index (χ3n) is 5.15. The van der Waals surface area contributed by atoms with Gasteiger partial charge in [-0.05, 0) is 23.6 Å². The molecule has 0 aromatic heterocycles. The lowest BCUT2D eigenvalue weighted by molar-refractivity contribution is 0.0714. The highest BCUT2D eigenvalue weighted by molar-refractivity contribution is 6.43. The smallest absolute Gasteiger partial charge is 0.255 e. The van der Waals surface area contributed by atoms with E-state index in [4.69, 9.17) is 23.2 Å². The van der Waals surface area contributed by atoms with Crippen molar-refractivity contribution in [3.8, 4) is 0 Å². The van der Waals surface area contributed by atoms with Gasteiger partial charge in [0.05, 0.1) is 21.7 Å². The van der Waals surface area contributed by atoms with Crippen LogP contribution in [-0.2, 0) is 0 Å². The fourth-order valence-corrected chi connectivity index (χ4v) is 4.41. The van der Waals surface area contributed by atoms with Crippen LogP contribution in [0.15, 0.2) is 48.5 Å². The second kappa shape index (κ2) is 6.40. The summed E-state index contributed by atoms with van der Waals surface area (Å²) >= 11 is 12.4. The van der Waals surface area contributed by atoms with Crippen molar-refractivity contribution >= 4 is 29.1 Å². The average molecular weight is 361 g/mol. The summed E-state index contributed by atoms with van der Waals surface area (Å²) < 4.78 is 0. The molecule has 2 fully saturated rings. The highest BCUT2D eigenvalue weighted by atomic mass is 35.5. The molecule has 0 spiro atoms. The number of hydrogen-bond acceptors (Lipinski definition) is 2. The summed E-state index contributed by atoms with van der Waals surface area (Å²) in [5.41, 5.74) is 1.67. The van der Waals surface area contributed by atoms with Crippen LogP contribution in [0.3, 0.4) is 0 Å². The molecule has 3 atom stereocenters. The molecule has 0 unspecified atom stereocenters. The highest BCUT2D eigenvalue weighted by Crippen LogP contribution is 2.43. The molecule has 0 saturated carbocycles. The maximum absolute atomic E-state index is 13.2. The molecule has 2 aromatic carbocycles. The van der Waals surface area contributed by atoms with Gasteiger partial charge in [0.25, 0.3) is 5.91 Å². The van der Waals surface area contributed by atoms with Crippen molar-refractivity contribution in [2.45, 2.75) is 6.04 Å². The number of carbonyl (C=O) groups is 1. The molecule has 1 N–H and O–H groups in total. The van der Waals surface area contributed by atoms with E-state index in [0.717, 1.165) is 19.6 Å². The van der Waals surface area contributed by atoms with Crippen LogP contribution < -0.4 is 5.32 Å². The van der Waals surface area contributed by atoms with Crippen molar-refractivity contribution in [3.05, 3.63) is 69.7 Å². The Bertz CT molecular complexity index is 765. The van der Waals surface area contributed by atoms with Crippen LogP contribution in [-0.4, -0.2) is 30.4 Å². The molecule has 2 heterocycles. The van der Waals surface area contributed by atoms with Gasteiger partial charge in [-0.3, -0.25) is 4.79 Å². The highest BCUT2D eigenvalue weighted by Gasteiger charge is 2.47. The molecule has 2 saturated heterocycles. The van der Waals surface area contributed by atoms with Crippen molar-refractivity contribution in [3.63, 3.8) is 0 Å². The predicted molar refractivity (Wildman–Crippen MR) is 96.5 cm³/mol. The summed E-state index contributed by atoms with van der Waals surface area (Å²) in [6, 6.07) is 15.6. The Morgan fingerprint density at radius 3 is 2.62 bits per heavy atom. The molecule has 3 nitrogen and oxygen atoms in total. The number of nitrogens with one attached hydrogen (secondary N) is 1. The molecule has 0 radical (unpaired) electrons. The Morgan fingerprint density at radius 1 is 1.04 bits per heavy atom. The van der Waals surface area contributed by atoms with E-state index < -0.39 is 0 Å². The van der Waals surface area contributed by atoms with Crippen molar-refractivity contribution in [2.24, 2.45) is 11.8 Å². The van der Waals surface area contributed by atoms with Crippen LogP contribution in [0, 0.1) is 11.8 Å². The molecule has 24 heavy (non-hydrogen) atoms. The molecule has 1 amide bonds. The molecule has 0 aliphatic carbocycles. The largest absolute Gasteiger partial charge is 0.331 e. The van der Waals surface area contributed by atoms with Gasteiger partial charge in [0.1, 0.15) is 0 Å². The molecule has 4 rings (SSSR count). The van der Waals surface area contributed by atoms with E-state index in [9.17, 15) is 4.79 Å². The summed E-state index contributed by atoms with van der Waals surface area (Å²) in [7, 11) is 0. The molecule has 5 heteroatoms. The van der Waals surface area contributed by atoms with E-state index >= 15 is 0 Å². The van der Waals surface area contributed by atoms with E-state index in [1.807, 2.05) is 23.1 Å². The Balaban J connectivity index is 1.73. The van der Waals surface area contributed by atoms with Gasteiger partial charge in [0, 0.05) is 25.6 Å². The number of likely N-dealkylation sites (tertiary alicyclic amines) is 1. The van der Waals surface area contributed by atoms with Crippen LogP contribution >= 0.6 is 23.2 Å². The van der Waals surface area contributed by atoms with E-state index in [0.29, 0.717) is 27.4 Å². The van der Waals surface area contributed by atoms with Crippen molar-refractivity contribution < 1.29 is 4.79 Å². The van der Waals surface area contributed by atoms with Crippen molar-refractivity contribution in [1.82, 2.24) is 10.2 Å². The number of benzene rings is 2. The molecular formula is C19H18Cl2N2O. The van der Waals surface area contributed by atoms with Gasteiger partial charge in [-0.15, -0.1) is 0 Å². The van der Waals surface area contributed by atoms with E-state index in [-0.39, 0.29) is 11.9 Å². The predicted octanol–water partition coefficient (Wildman–Crippen LogP) is 4.03. The summed E-state index contributed by atoms with van der Waals surface area (Å²) in [5, 5.41) is 4.21. The van der Waals surface area contributed by atoms with Gasteiger partial charge < -0.3 is 10.2 Å². The van der Waals surface area contributed by atoms with Crippen LogP contribution in [0.25, 0.3) is 0 Å². The molecule has 2 aliphatic heterocycles. The van der Waals surface area contributed by atoms with Gasteiger partial charge in [-0.2, -0.15) is 0 Å². The SMILES string of the molecule is O=C(c1cccc(Cl)c1Cl)N1C[C@@H]2CNC[C@@H]2[C@@H]1c1ccccc1. The van der Waals surface area contributed by atoms with Crippen LogP contribution in [0.2, 0.25) is 10.0 Å². The second-order valence-electron chi connectivity index (χ2n) is 6.50. The first kappa shape index (κ1) is 15.9. The summed E-state index contributed by atoms with van der Waals surface area (Å²) in [6.07, 6.45) is 0. The number of amides is 1. The van der Waals surface area contributed by atoms with Gasteiger partial charge >= 0.3 is 0 Å². The van der Waals surface area contributed by atoms with Gasteiger partial charge in [0.2, 0.25) is 0 Å². The first-order valence-electron chi connectivity index (χ1n) is 8.17. The Kier molecular flexibility index (Phi) is 4.25. The van der Waals surface area contributed by atoms with Crippen LogP contribution in [0.1, 0.15) is 22.0 Å². The van der Waals surface area contributed by atoms with Gasteiger partial charge in [-0.1, -0.05) is 59.6 Å². The number of hydrogen-bond donors (Lipinski definition) is 1. The lowest BCUT2D eigenvalue weighted by atomic mass is 9.89. The van der Waals surface area contributed by atoms with Gasteiger partial charge in [-0.25, -0.2) is 0 Å². The fraction of sp³-hybridized carbons (Fsp3) is 0.316. The lowest BCUT2D eigenvalue weighted by Gasteiger charge is -2.29. The second-order valence-corrected chi connectivity index (χ2v) is 7.28. The third kappa shape index (κ3) is 2.61. The van der Waals surface area contributed by atoms with Gasteiger partial charge in [0.15, 0.2) is 0 Å². The summed E-state index contributed by atoms with van der Waals surface area (Å²) in [4.78, 5) is 15.2. The minimum atomic E-state index is -0.0363. The first-order valence-corrected chi connectivity index (χ1v) is 8.93. The standard InChI is InChI=1S/C19H18Cl2N2O/c20-16-8-4-7-14(17(16)21)19(24)23-11-13-9-22-10-15(13)18(23)12-5-2-1-3-6-12/h1-8,13,15,18,22H,9-11H2/t13-,15-,18-/m0/s1. The molecule has 2 aliphatic rings. The quantitative estimate of drug-likeness (QED) is 0.876. The van der Waals surface area contributed by atoms with Crippen LogP contribution in [0.4, 0.5) is 0 Å².